The molecule has 2 saturated heterocycles. The molecule has 1 aromatic carbocycles. The first-order chi connectivity index (χ1) is 16.7. The van der Waals surface area contributed by atoms with E-state index in [0.717, 1.165) is 30.4 Å². The van der Waals surface area contributed by atoms with Crippen LogP contribution in [0.4, 0.5) is 30.4 Å². The van der Waals surface area contributed by atoms with Gasteiger partial charge in [0.05, 0.1) is 11.5 Å². The summed E-state index contributed by atoms with van der Waals surface area (Å²) in [6.07, 6.45) is 0.0983. The van der Waals surface area contributed by atoms with Crippen molar-refractivity contribution in [1.29, 1.82) is 0 Å². The highest BCUT2D eigenvalue weighted by Gasteiger charge is 2.37. The summed E-state index contributed by atoms with van der Waals surface area (Å²) in [6.45, 7) is 3.91. The van der Waals surface area contributed by atoms with E-state index in [0.29, 0.717) is 25.1 Å². The maximum atomic E-state index is 13.4. The molecule has 10 heteroatoms. The molecule has 1 aromatic heterocycles. The van der Waals surface area contributed by atoms with E-state index >= 15 is 0 Å². The molecule has 1 N–H and O–H groups in total. The second kappa shape index (κ2) is 10.5. The quantitative estimate of drug-likeness (QED) is 0.605. The highest BCUT2D eigenvalue weighted by atomic mass is 19.4. The van der Waals surface area contributed by atoms with Gasteiger partial charge in [0.2, 0.25) is 0 Å². The van der Waals surface area contributed by atoms with Crippen molar-refractivity contribution in [2.24, 2.45) is 5.92 Å². The number of alkyl halides is 3. The standard InChI is InChI=1S/C25H29F3N4O3/c1-17-14-19(31-11-2-3-12-31)8-9-21(17)30-22(33)16-35-24(34)18-6-5-13-32(15-18)23-20(25(26,27)28)7-4-10-29-23/h4,7-10,14,18H,2-3,5-6,11-13,15-16H2,1H3,(H,30,33). The molecule has 0 aliphatic carbocycles. The van der Waals surface area contributed by atoms with Gasteiger partial charge in [-0.05, 0) is 68.5 Å². The van der Waals surface area contributed by atoms with Gasteiger partial charge in [0.15, 0.2) is 6.61 Å². The number of amides is 1. The summed E-state index contributed by atoms with van der Waals surface area (Å²) in [6, 6.07) is 8.04. The van der Waals surface area contributed by atoms with Gasteiger partial charge in [-0.1, -0.05) is 0 Å². The predicted octanol–water partition coefficient (Wildman–Crippen LogP) is 4.41. The highest BCUT2D eigenvalue weighted by molar-refractivity contribution is 5.93. The van der Waals surface area contributed by atoms with E-state index < -0.39 is 36.1 Å². The molecule has 2 fully saturated rings. The van der Waals surface area contributed by atoms with Gasteiger partial charge in [0.25, 0.3) is 5.91 Å². The van der Waals surface area contributed by atoms with Gasteiger partial charge in [0, 0.05) is 43.8 Å². The number of nitrogens with zero attached hydrogens (tertiary/aromatic N) is 3. The number of nitrogens with one attached hydrogen (secondary N) is 1. The zero-order valence-corrected chi connectivity index (χ0v) is 19.6. The number of pyridine rings is 1. The second-order valence-corrected chi connectivity index (χ2v) is 9.01. The number of piperidine rings is 1. The van der Waals surface area contributed by atoms with Crippen LogP contribution in [0.2, 0.25) is 0 Å². The smallest absolute Gasteiger partial charge is 0.419 e. The van der Waals surface area contributed by atoms with E-state index in [2.05, 4.69) is 15.2 Å². The number of ether oxygens (including phenoxy) is 1. The summed E-state index contributed by atoms with van der Waals surface area (Å²) in [5.41, 5.74) is 1.84. The fraction of sp³-hybridized carbons (Fsp3) is 0.480. The van der Waals surface area contributed by atoms with E-state index in [1.165, 1.54) is 30.0 Å². The molecule has 188 valence electrons. The van der Waals surface area contributed by atoms with E-state index in [9.17, 15) is 22.8 Å². The maximum absolute atomic E-state index is 13.4. The Morgan fingerprint density at radius 2 is 1.86 bits per heavy atom. The normalized spacial score (nSPS) is 18.5. The number of esters is 1. The van der Waals surface area contributed by atoms with Crippen molar-refractivity contribution >= 4 is 29.1 Å². The monoisotopic (exact) mass is 490 g/mol. The Hall–Kier alpha value is -3.30. The molecule has 1 atom stereocenters. The number of carbonyl (C=O) groups excluding carboxylic acids is 2. The van der Waals surface area contributed by atoms with Crippen molar-refractivity contribution in [3.63, 3.8) is 0 Å². The van der Waals surface area contributed by atoms with Crippen molar-refractivity contribution in [2.75, 3.05) is 47.9 Å². The van der Waals surface area contributed by atoms with Crippen LogP contribution >= 0.6 is 0 Å². The van der Waals surface area contributed by atoms with Crippen LogP contribution in [-0.2, 0) is 20.5 Å². The molecule has 0 radical (unpaired) electrons. The first-order valence-electron chi connectivity index (χ1n) is 11.8. The summed E-state index contributed by atoms with van der Waals surface area (Å²) in [4.78, 5) is 32.7. The first kappa shape index (κ1) is 24.8. The summed E-state index contributed by atoms with van der Waals surface area (Å²) in [5, 5.41) is 2.76. The van der Waals surface area contributed by atoms with Crippen LogP contribution in [0.25, 0.3) is 0 Å². The maximum Gasteiger partial charge on any atom is 0.419 e. The Morgan fingerprint density at radius 3 is 2.57 bits per heavy atom. The Kier molecular flexibility index (Phi) is 7.47. The zero-order valence-electron chi connectivity index (χ0n) is 19.6. The van der Waals surface area contributed by atoms with Gasteiger partial charge >= 0.3 is 12.1 Å². The van der Waals surface area contributed by atoms with Crippen molar-refractivity contribution in [3.8, 4) is 0 Å². The van der Waals surface area contributed by atoms with E-state index in [-0.39, 0.29) is 12.4 Å². The molecule has 2 aliphatic heterocycles. The Bertz CT molecular complexity index is 1070. The number of aromatic nitrogens is 1. The third-order valence-electron chi connectivity index (χ3n) is 6.45. The van der Waals surface area contributed by atoms with Crippen LogP contribution in [0, 0.1) is 12.8 Å². The lowest BCUT2D eigenvalue weighted by Gasteiger charge is -2.33. The van der Waals surface area contributed by atoms with Crippen LogP contribution in [0.3, 0.4) is 0 Å². The van der Waals surface area contributed by atoms with Crippen molar-refractivity contribution in [2.45, 2.75) is 38.8 Å². The number of hydrogen-bond acceptors (Lipinski definition) is 6. The van der Waals surface area contributed by atoms with Gasteiger partial charge in [-0.3, -0.25) is 9.59 Å². The fourth-order valence-electron chi connectivity index (χ4n) is 4.63. The lowest BCUT2D eigenvalue weighted by molar-refractivity contribution is -0.151. The lowest BCUT2D eigenvalue weighted by atomic mass is 9.98. The van der Waals surface area contributed by atoms with E-state index in [1.54, 1.807) is 0 Å². The molecular formula is C25H29F3N4O3. The summed E-state index contributed by atoms with van der Waals surface area (Å²) < 4.78 is 45.3. The minimum absolute atomic E-state index is 0.0532. The molecular weight excluding hydrogens is 461 g/mol. The lowest BCUT2D eigenvalue weighted by Crippen LogP contribution is -2.41. The zero-order chi connectivity index (χ0) is 25.0. The Labute approximate surface area is 202 Å². The first-order valence-corrected chi connectivity index (χ1v) is 11.8. The molecule has 2 aromatic rings. The molecule has 1 unspecified atom stereocenters. The number of hydrogen-bond donors (Lipinski definition) is 1. The van der Waals surface area contributed by atoms with Crippen LogP contribution in [0.1, 0.15) is 36.8 Å². The topological polar surface area (TPSA) is 74.8 Å². The largest absolute Gasteiger partial charge is 0.455 e. The molecule has 0 spiro atoms. The molecule has 0 saturated carbocycles. The van der Waals surface area contributed by atoms with Crippen LogP contribution in [0.15, 0.2) is 36.5 Å². The number of anilines is 3. The highest BCUT2D eigenvalue weighted by Crippen LogP contribution is 2.36. The minimum Gasteiger partial charge on any atom is -0.455 e. The summed E-state index contributed by atoms with van der Waals surface area (Å²) in [7, 11) is 0. The fourth-order valence-corrected chi connectivity index (χ4v) is 4.63. The second-order valence-electron chi connectivity index (χ2n) is 9.01. The molecule has 0 bridgehead atoms. The van der Waals surface area contributed by atoms with Gasteiger partial charge in [-0.15, -0.1) is 0 Å². The third-order valence-corrected chi connectivity index (χ3v) is 6.45. The predicted molar refractivity (Wildman–Crippen MR) is 126 cm³/mol. The third kappa shape index (κ3) is 6.04. The Balaban J connectivity index is 1.31. The van der Waals surface area contributed by atoms with Gasteiger partial charge in [0.1, 0.15) is 5.82 Å². The number of halogens is 3. The van der Waals surface area contributed by atoms with Crippen molar-refractivity contribution in [3.05, 3.63) is 47.7 Å². The van der Waals surface area contributed by atoms with Crippen LogP contribution in [-0.4, -0.2) is 49.6 Å². The molecule has 1 amide bonds. The molecule has 35 heavy (non-hydrogen) atoms. The molecule has 7 nitrogen and oxygen atoms in total. The summed E-state index contributed by atoms with van der Waals surface area (Å²) in [5.74, 6) is -1.90. The van der Waals surface area contributed by atoms with Crippen LogP contribution in [0.5, 0.6) is 0 Å². The van der Waals surface area contributed by atoms with Crippen molar-refractivity contribution in [1.82, 2.24) is 4.98 Å². The molecule has 4 rings (SSSR count). The van der Waals surface area contributed by atoms with E-state index in [1.807, 2.05) is 25.1 Å². The van der Waals surface area contributed by atoms with E-state index in [4.69, 9.17) is 4.74 Å². The van der Waals surface area contributed by atoms with Gasteiger partial charge < -0.3 is 19.9 Å². The number of benzene rings is 1. The molecule has 3 heterocycles. The number of rotatable bonds is 6. The van der Waals surface area contributed by atoms with Crippen molar-refractivity contribution < 1.29 is 27.5 Å². The van der Waals surface area contributed by atoms with Gasteiger partial charge in [-0.2, -0.15) is 13.2 Å². The SMILES string of the molecule is Cc1cc(N2CCCC2)ccc1NC(=O)COC(=O)C1CCCN(c2ncccc2C(F)(F)F)C1. The molecule has 2 aliphatic rings. The van der Waals surface area contributed by atoms with Crippen LogP contribution < -0.4 is 15.1 Å². The minimum atomic E-state index is -4.54. The Morgan fingerprint density at radius 1 is 1.11 bits per heavy atom. The summed E-state index contributed by atoms with van der Waals surface area (Å²) >= 11 is 0. The average molecular weight is 491 g/mol. The number of carbonyl (C=O) groups is 2. The number of aryl methyl sites for hydroxylation is 1. The van der Waals surface area contributed by atoms with Gasteiger partial charge in [-0.25, -0.2) is 4.98 Å². The average Bonchev–Trinajstić information content (AvgIpc) is 3.38.